The molecule has 6 nitrogen and oxygen atoms in total. The van der Waals surface area contributed by atoms with Gasteiger partial charge in [0.15, 0.2) is 0 Å². The van der Waals surface area contributed by atoms with Gasteiger partial charge in [0.1, 0.15) is 0 Å². The summed E-state index contributed by atoms with van der Waals surface area (Å²) in [5.74, 6) is 0. The fourth-order valence-electron chi connectivity index (χ4n) is 8.43. The lowest BCUT2D eigenvalue weighted by molar-refractivity contribution is -0.0618. The Kier molecular flexibility index (Phi) is 12.9. The van der Waals surface area contributed by atoms with Crippen molar-refractivity contribution in [1.29, 1.82) is 0 Å². The number of hydrogen-bond acceptors (Lipinski definition) is 5. The second-order valence-corrected chi connectivity index (χ2v) is 27.2. The van der Waals surface area contributed by atoms with Crippen molar-refractivity contribution >= 4 is 36.5 Å². The van der Waals surface area contributed by atoms with Gasteiger partial charge >= 0.3 is 0 Å². The fraction of sp³-hybridized carbons (Fsp3) is 0.333. The van der Waals surface area contributed by atoms with E-state index in [0.717, 1.165) is 16.7 Å². The van der Waals surface area contributed by atoms with Gasteiger partial charge in [0.2, 0.25) is 10.0 Å². The maximum Gasteiger partial charge on any atom is 0.243 e. The van der Waals surface area contributed by atoms with E-state index in [4.69, 9.17) is 9.47 Å². The van der Waals surface area contributed by atoms with Crippen LogP contribution in [0.25, 0.3) is 0 Å². The lowest BCUT2D eigenvalue weighted by Gasteiger charge is -2.41. The third-order valence-corrected chi connectivity index (χ3v) is 20.8. The Hall–Kier alpha value is -3.68. The van der Waals surface area contributed by atoms with Gasteiger partial charge in [0.05, 0.1) is 52.5 Å². The Morgan fingerprint density at radius 3 is 1.72 bits per heavy atom. The third-order valence-electron chi connectivity index (χ3n) is 11.3. The molecule has 0 amide bonds. The summed E-state index contributed by atoms with van der Waals surface area (Å²) < 4.78 is 47.0. The van der Waals surface area contributed by atoms with E-state index in [0.29, 0.717) is 12.7 Å². The second kappa shape index (κ2) is 17.4. The molecule has 0 unspecified atom stereocenters. The van der Waals surface area contributed by atoms with Gasteiger partial charge in [-0.25, -0.2) is 8.42 Å². The summed E-state index contributed by atoms with van der Waals surface area (Å²) in [5.41, 5.74) is 2.85. The Morgan fingerprint density at radius 2 is 1.19 bits per heavy atom. The van der Waals surface area contributed by atoms with Crippen molar-refractivity contribution in [3.63, 3.8) is 0 Å². The molecule has 0 spiro atoms. The monoisotopic (exact) mass is 777 g/mol. The van der Waals surface area contributed by atoms with Crippen molar-refractivity contribution in [2.45, 2.75) is 93.5 Å². The Morgan fingerprint density at radius 1 is 0.685 bits per heavy atom. The highest BCUT2D eigenvalue weighted by Gasteiger charge is 2.62. The second-order valence-electron chi connectivity index (χ2n) is 15.9. The van der Waals surface area contributed by atoms with Gasteiger partial charge in [-0.1, -0.05) is 176 Å². The molecule has 1 N–H and O–H groups in total. The molecule has 0 aromatic heterocycles. The highest BCUT2D eigenvalue weighted by Crippen LogP contribution is 2.50. The van der Waals surface area contributed by atoms with E-state index in [1.165, 1.54) is 10.4 Å². The zero-order valence-corrected chi connectivity index (χ0v) is 35.0. The molecule has 1 heterocycles. The Balaban J connectivity index is 1.59. The number of aliphatic hydroxyl groups excluding tert-OH is 1. The van der Waals surface area contributed by atoms with Crippen LogP contribution < -0.4 is 10.4 Å². The zero-order valence-electron chi connectivity index (χ0n) is 32.2. The molecule has 0 bridgehead atoms. The van der Waals surface area contributed by atoms with Gasteiger partial charge in [-0.3, -0.25) is 0 Å². The first-order valence-electron chi connectivity index (χ1n) is 19.1. The van der Waals surface area contributed by atoms with E-state index >= 15 is 8.42 Å². The summed E-state index contributed by atoms with van der Waals surface area (Å²) in [5, 5.41) is 13.2. The van der Waals surface area contributed by atoms with E-state index in [-0.39, 0.29) is 30.1 Å². The van der Waals surface area contributed by atoms with Crippen LogP contribution in [0, 0.1) is 6.92 Å². The molecule has 1 aliphatic heterocycles. The minimum absolute atomic E-state index is 0.147. The fourth-order valence-corrected chi connectivity index (χ4v) is 17.4. The van der Waals surface area contributed by atoms with Gasteiger partial charge in [0, 0.05) is 18.2 Å². The molecule has 6 rings (SSSR count). The summed E-state index contributed by atoms with van der Waals surface area (Å²) in [6, 6.07) is 48.1. The van der Waals surface area contributed by atoms with Crippen LogP contribution in [0.15, 0.2) is 150 Å². The largest absolute Gasteiger partial charge is 0.396 e. The van der Waals surface area contributed by atoms with Crippen LogP contribution in [0.1, 0.15) is 23.1 Å². The number of nitrogens with zero attached hydrogens (tertiary/aromatic N) is 1. The van der Waals surface area contributed by atoms with E-state index in [1.807, 2.05) is 84.0 Å². The molecule has 0 radical (unpaired) electrons. The minimum atomic E-state index is -4.11. The summed E-state index contributed by atoms with van der Waals surface area (Å²) >= 11 is 0. The van der Waals surface area contributed by atoms with Crippen molar-refractivity contribution in [2.75, 3.05) is 6.61 Å². The average Bonchev–Trinajstić information content (AvgIpc) is 3.51. The Bertz CT molecular complexity index is 2020. The smallest absolute Gasteiger partial charge is 0.243 e. The highest BCUT2D eigenvalue weighted by atomic mass is 32.2. The predicted octanol–water partition coefficient (Wildman–Crippen LogP) is 7.89. The molecule has 5 aromatic rings. The van der Waals surface area contributed by atoms with Crippen molar-refractivity contribution < 1.29 is 23.0 Å². The molecule has 54 heavy (non-hydrogen) atoms. The highest BCUT2D eigenvalue weighted by molar-refractivity contribution is 7.89. The third kappa shape index (κ3) is 8.89. The van der Waals surface area contributed by atoms with Crippen molar-refractivity contribution in [2.24, 2.45) is 0 Å². The first-order chi connectivity index (χ1) is 25.9. The number of rotatable bonds is 16. The van der Waals surface area contributed by atoms with E-state index in [9.17, 15) is 5.11 Å². The first kappa shape index (κ1) is 40.0. The number of aliphatic hydroxyl groups is 1. The van der Waals surface area contributed by atoms with Crippen LogP contribution in [0.3, 0.4) is 0 Å². The summed E-state index contributed by atoms with van der Waals surface area (Å²) in [4.78, 5) is 0.259. The molecule has 5 atom stereocenters. The van der Waals surface area contributed by atoms with Gasteiger partial charge in [-0.15, -0.1) is 0 Å². The van der Waals surface area contributed by atoms with Crippen LogP contribution in [-0.2, 0) is 32.7 Å². The van der Waals surface area contributed by atoms with Gasteiger partial charge in [-0.05, 0) is 42.6 Å². The summed E-state index contributed by atoms with van der Waals surface area (Å²) in [7, 11) is -8.97. The van der Waals surface area contributed by atoms with E-state index in [2.05, 4.69) is 86.9 Å². The predicted molar refractivity (Wildman–Crippen MR) is 225 cm³/mol. The molecule has 5 aromatic carbocycles. The topological polar surface area (TPSA) is 76.1 Å². The molecule has 0 saturated carbocycles. The van der Waals surface area contributed by atoms with Crippen molar-refractivity contribution in [3.8, 4) is 0 Å². The molecule has 1 aliphatic rings. The number of benzene rings is 5. The zero-order chi connectivity index (χ0) is 38.3. The van der Waals surface area contributed by atoms with Crippen LogP contribution >= 0.6 is 0 Å². The average molecular weight is 778 g/mol. The quantitative estimate of drug-likeness (QED) is 0.103. The summed E-state index contributed by atoms with van der Waals surface area (Å²) in [6.45, 7) is 11.9. The number of sulfonamides is 1. The molecule has 9 heteroatoms. The molecular weight excluding hydrogens is 723 g/mol. The van der Waals surface area contributed by atoms with Gasteiger partial charge in [-0.2, -0.15) is 4.31 Å². The number of aryl methyl sites for hydroxylation is 1. The van der Waals surface area contributed by atoms with E-state index < -0.39 is 50.5 Å². The SMILES string of the molecule is Cc1ccc(S(=O)(=O)N2[C@@H]([C@H](CCO)OCc3ccccc3)[C@@H](OCc3ccccc3)[C@H]([Si](C)(C)c3ccccc3)[C@H]2C[Si](C)(C)c2ccccc2)cc1. The van der Waals surface area contributed by atoms with Crippen LogP contribution in [0.4, 0.5) is 0 Å². The van der Waals surface area contributed by atoms with Crippen molar-refractivity contribution in [3.05, 3.63) is 162 Å². The number of hydrogen-bond donors (Lipinski definition) is 1. The maximum absolute atomic E-state index is 15.6. The lowest BCUT2D eigenvalue weighted by Crippen LogP contribution is -2.56. The number of ether oxygens (including phenoxy) is 2. The molecule has 1 fully saturated rings. The standard InChI is InChI=1S/C45H55NO5SSi2/c1-35-26-28-38(29-27-35)52(48,49)46-41(34-53(2,3)39-22-14-8-15-23-39)45(54(4,5)40-24-16-9-17-25-40)44(51-33-37-20-12-7-13-21-37)43(46)42(30-31-47)50-32-36-18-10-6-11-19-36/h6-29,41-45,47H,30-34H2,1-5H3/t41-,42+,43+,44-,45-/m1/s1. The Labute approximate surface area is 324 Å². The molecule has 0 aliphatic carbocycles. The minimum Gasteiger partial charge on any atom is -0.396 e. The van der Waals surface area contributed by atoms with Gasteiger partial charge in [0.25, 0.3) is 0 Å². The van der Waals surface area contributed by atoms with Crippen LogP contribution in [-0.4, -0.2) is 64.9 Å². The molecular formula is C45H55NO5SSi2. The summed E-state index contributed by atoms with van der Waals surface area (Å²) in [6.07, 6.45) is -0.912. The molecule has 1 saturated heterocycles. The van der Waals surface area contributed by atoms with Crippen LogP contribution in [0.2, 0.25) is 37.8 Å². The van der Waals surface area contributed by atoms with Crippen molar-refractivity contribution in [1.82, 2.24) is 4.31 Å². The van der Waals surface area contributed by atoms with E-state index in [1.54, 1.807) is 12.1 Å². The normalized spacial score (nSPS) is 20.2. The lowest BCUT2D eigenvalue weighted by atomic mass is 10.0. The van der Waals surface area contributed by atoms with Gasteiger partial charge < -0.3 is 14.6 Å². The molecule has 284 valence electrons. The van der Waals surface area contributed by atoms with Crippen LogP contribution in [0.5, 0.6) is 0 Å². The first-order valence-corrected chi connectivity index (χ1v) is 26.8. The maximum atomic E-state index is 15.6.